The summed E-state index contributed by atoms with van der Waals surface area (Å²) < 4.78 is 5.14. The average Bonchev–Trinajstić information content (AvgIpc) is 2.70. The van der Waals surface area contributed by atoms with E-state index in [1.54, 1.807) is 13.0 Å². The van der Waals surface area contributed by atoms with E-state index in [4.69, 9.17) is 4.74 Å². The molecule has 0 saturated carbocycles. The number of aliphatic hydroxyl groups is 1. The van der Waals surface area contributed by atoms with Crippen molar-refractivity contribution in [3.8, 4) is 0 Å². The van der Waals surface area contributed by atoms with Crippen LogP contribution in [-0.2, 0) is 27.2 Å². The Morgan fingerprint density at radius 2 is 1.75 bits per heavy atom. The van der Waals surface area contributed by atoms with Crippen molar-refractivity contribution in [2.24, 2.45) is 0 Å². The van der Waals surface area contributed by atoms with Gasteiger partial charge in [-0.3, -0.25) is 4.79 Å². The third kappa shape index (κ3) is 1.77. The maximum absolute atomic E-state index is 12.3. The lowest BCUT2D eigenvalue weighted by atomic mass is 9.77. The van der Waals surface area contributed by atoms with Gasteiger partial charge in [0.15, 0.2) is 5.72 Å². The predicted molar refractivity (Wildman–Crippen MR) is 86.1 cm³/mol. The number of hydroxylamine groups is 2. The fourth-order valence-corrected chi connectivity index (χ4v) is 4.20. The first-order valence-electron chi connectivity index (χ1n) is 8.09. The molecule has 0 aliphatic carbocycles. The third-order valence-corrected chi connectivity index (χ3v) is 5.12. The van der Waals surface area contributed by atoms with E-state index in [9.17, 15) is 15.1 Å². The van der Waals surface area contributed by atoms with Crippen LogP contribution in [0, 0.1) is 0 Å². The zero-order valence-electron chi connectivity index (χ0n) is 13.4. The van der Waals surface area contributed by atoms with Gasteiger partial charge in [0.1, 0.15) is 5.54 Å². The first-order chi connectivity index (χ1) is 11.5. The van der Waals surface area contributed by atoms with Gasteiger partial charge in [-0.05, 0) is 23.6 Å². The van der Waals surface area contributed by atoms with E-state index in [2.05, 4.69) is 0 Å². The number of hydrogen-bond donors (Lipinski definition) is 2. The Balaban J connectivity index is 2.00. The summed E-state index contributed by atoms with van der Waals surface area (Å²) in [6.07, 6.45) is 0.203. The molecule has 2 bridgehead atoms. The maximum Gasteiger partial charge on any atom is 0.308 e. The normalized spacial score (nSPS) is 27.5. The Bertz CT molecular complexity index is 821. The quantitative estimate of drug-likeness (QED) is 0.848. The molecule has 0 spiro atoms. The van der Waals surface area contributed by atoms with Crippen LogP contribution < -0.4 is 0 Å². The van der Waals surface area contributed by atoms with E-state index in [1.807, 2.05) is 42.5 Å². The monoisotopic (exact) mass is 325 g/mol. The lowest BCUT2D eigenvalue weighted by Gasteiger charge is -2.45. The molecule has 2 atom stereocenters. The zero-order chi connectivity index (χ0) is 16.9. The van der Waals surface area contributed by atoms with Crippen molar-refractivity contribution in [1.29, 1.82) is 0 Å². The molecule has 0 fully saturated rings. The molecule has 2 unspecified atom stereocenters. The molecule has 2 aromatic rings. The van der Waals surface area contributed by atoms with Gasteiger partial charge in [0, 0.05) is 12.0 Å². The third-order valence-electron chi connectivity index (χ3n) is 5.12. The lowest BCUT2D eigenvalue weighted by Crippen LogP contribution is -2.55. The van der Waals surface area contributed by atoms with Crippen molar-refractivity contribution in [1.82, 2.24) is 5.06 Å². The molecule has 5 nitrogen and oxygen atoms in total. The SMILES string of the molecule is CCOC(=O)CC12c3ccccc3CC(O)(c3ccccc31)N2O. The number of ether oxygens (including phenoxy) is 1. The fourth-order valence-electron chi connectivity index (χ4n) is 4.20. The summed E-state index contributed by atoms with van der Waals surface area (Å²) in [5.74, 6) is -0.410. The second kappa shape index (κ2) is 5.14. The van der Waals surface area contributed by atoms with E-state index in [0.29, 0.717) is 5.56 Å². The number of esters is 1. The van der Waals surface area contributed by atoms with Crippen LogP contribution in [0.3, 0.4) is 0 Å². The average molecular weight is 325 g/mol. The molecule has 2 N–H and O–H groups in total. The Morgan fingerprint density at radius 3 is 2.46 bits per heavy atom. The van der Waals surface area contributed by atoms with Gasteiger partial charge in [0.2, 0.25) is 0 Å². The lowest BCUT2D eigenvalue weighted by molar-refractivity contribution is -0.306. The van der Waals surface area contributed by atoms with Crippen LogP contribution in [0.25, 0.3) is 0 Å². The van der Waals surface area contributed by atoms with Gasteiger partial charge in [-0.1, -0.05) is 48.5 Å². The summed E-state index contributed by atoms with van der Waals surface area (Å²) in [5, 5.41) is 23.1. The van der Waals surface area contributed by atoms with Crippen LogP contribution in [0.2, 0.25) is 0 Å². The highest BCUT2D eigenvalue weighted by molar-refractivity contribution is 5.74. The van der Waals surface area contributed by atoms with Crippen molar-refractivity contribution in [2.75, 3.05) is 6.61 Å². The first kappa shape index (κ1) is 15.3. The minimum Gasteiger partial charge on any atom is -0.466 e. The smallest absolute Gasteiger partial charge is 0.308 e. The number of rotatable bonds is 3. The second-order valence-corrected chi connectivity index (χ2v) is 6.35. The molecule has 0 radical (unpaired) electrons. The summed E-state index contributed by atoms with van der Waals surface area (Å²) in [6.45, 7) is 2.02. The van der Waals surface area contributed by atoms with Crippen molar-refractivity contribution in [3.05, 3.63) is 70.8 Å². The van der Waals surface area contributed by atoms with Gasteiger partial charge >= 0.3 is 5.97 Å². The van der Waals surface area contributed by atoms with Crippen LogP contribution in [0.15, 0.2) is 48.5 Å². The van der Waals surface area contributed by atoms with Gasteiger partial charge < -0.3 is 15.1 Å². The highest BCUT2D eigenvalue weighted by atomic mass is 16.6. The van der Waals surface area contributed by atoms with Crippen molar-refractivity contribution in [2.45, 2.75) is 31.0 Å². The number of carbonyl (C=O) groups excluding carboxylic acids is 1. The largest absolute Gasteiger partial charge is 0.466 e. The molecule has 2 aliphatic heterocycles. The van der Waals surface area contributed by atoms with Gasteiger partial charge in [-0.25, -0.2) is 0 Å². The number of nitrogens with zero attached hydrogens (tertiary/aromatic N) is 1. The number of fused-ring (bicyclic) bond motifs is 7. The molecule has 2 heterocycles. The summed E-state index contributed by atoms with van der Waals surface area (Å²) >= 11 is 0. The Kier molecular flexibility index (Phi) is 3.28. The van der Waals surface area contributed by atoms with Crippen molar-refractivity contribution >= 4 is 5.97 Å². The van der Waals surface area contributed by atoms with Gasteiger partial charge in [-0.15, -0.1) is 5.06 Å². The summed E-state index contributed by atoms with van der Waals surface area (Å²) in [4.78, 5) is 12.3. The number of benzene rings is 2. The van der Waals surface area contributed by atoms with E-state index in [0.717, 1.165) is 21.8 Å². The number of hydrogen-bond acceptors (Lipinski definition) is 5. The fraction of sp³-hybridized carbons (Fsp3) is 0.316. The first-order valence-corrected chi connectivity index (χ1v) is 8.09. The highest BCUT2D eigenvalue weighted by Crippen LogP contribution is 2.58. The maximum atomic E-state index is 12.3. The standard InChI is InChI=1S/C19H19NO4/c1-2-24-17(21)12-18-14-8-4-3-7-13(14)11-19(22,20(18)23)16-10-6-5-9-15(16)18/h3-10,22-23H,2,11-12H2,1H3. The topological polar surface area (TPSA) is 70.0 Å². The summed E-state index contributed by atoms with van der Waals surface area (Å²) in [7, 11) is 0. The Morgan fingerprint density at radius 1 is 1.12 bits per heavy atom. The highest BCUT2D eigenvalue weighted by Gasteiger charge is 2.63. The Hall–Kier alpha value is -2.21. The molecule has 4 rings (SSSR count). The van der Waals surface area contributed by atoms with Crippen LogP contribution in [-0.4, -0.2) is 28.0 Å². The minimum atomic E-state index is -1.54. The van der Waals surface area contributed by atoms with Crippen molar-refractivity contribution in [3.63, 3.8) is 0 Å². The van der Waals surface area contributed by atoms with Crippen LogP contribution in [0.1, 0.15) is 35.6 Å². The zero-order valence-corrected chi connectivity index (χ0v) is 13.4. The predicted octanol–water partition coefficient (Wildman–Crippen LogP) is 2.29. The molecule has 0 amide bonds. The Labute approximate surface area is 140 Å². The minimum absolute atomic E-state index is 0.0618. The molecule has 0 saturated heterocycles. The van der Waals surface area contributed by atoms with Crippen LogP contribution in [0.4, 0.5) is 0 Å². The van der Waals surface area contributed by atoms with E-state index in [1.165, 1.54) is 0 Å². The molecule has 2 aromatic carbocycles. The van der Waals surface area contributed by atoms with E-state index in [-0.39, 0.29) is 19.4 Å². The number of carbonyl (C=O) groups is 1. The van der Waals surface area contributed by atoms with Gasteiger partial charge in [0.25, 0.3) is 0 Å². The molecular formula is C19H19NO4. The molecule has 24 heavy (non-hydrogen) atoms. The van der Waals surface area contributed by atoms with Gasteiger partial charge in [0.05, 0.1) is 13.0 Å². The van der Waals surface area contributed by atoms with Gasteiger partial charge in [-0.2, -0.15) is 0 Å². The summed E-state index contributed by atoms with van der Waals surface area (Å²) in [6, 6.07) is 15.0. The molecule has 124 valence electrons. The second-order valence-electron chi connectivity index (χ2n) is 6.35. The van der Waals surface area contributed by atoms with E-state index < -0.39 is 17.2 Å². The summed E-state index contributed by atoms with van der Waals surface area (Å²) in [5.41, 5.74) is 0.450. The van der Waals surface area contributed by atoms with Crippen molar-refractivity contribution < 1.29 is 19.8 Å². The molecular weight excluding hydrogens is 306 g/mol. The van der Waals surface area contributed by atoms with Crippen LogP contribution >= 0.6 is 0 Å². The molecule has 0 aromatic heterocycles. The van der Waals surface area contributed by atoms with Crippen LogP contribution in [0.5, 0.6) is 0 Å². The molecule has 2 aliphatic rings. The van der Waals surface area contributed by atoms with E-state index >= 15 is 0 Å². The molecule has 5 heteroatoms.